The molecule has 1 aromatic heterocycles. The summed E-state index contributed by atoms with van der Waals surface area (Å²) in [6.45, 7) is 4.22. The first kappa shape index (κ1) is 20.1. The van der Waals surface area contributed by atoms with Gasteiger partial charge in [0.1, 0.15) is 0 Å². The molecule has 2 heterocycles. The molecule has 0 radical (unpaired) electrons. The molecule has 4 rings (SSSR count). The lowest BCUT2D eigenvalue weighted by Crippen LogP contribution is -2.25. The number of nitrogens with zero attached hydrogens (tertiary/aromatic N) is 4. The van der Waals surface area contributed by atoms with Gasteiger partial charge in [-0.1, -0.05) is 37.7 Å². The fourth-order valence-corrected chi connectivity index (χ4v) is 3.48. The number of hydrogen-bond donors (Lipinski definition) is 1. The number of hydrogen-bond acceptors (Lipinski definition) is 7. The monoisotopic (exact) mass is 433 g/mol. The van der Waals surface area contributed by atoms with E-state index in [4.69, 9.17) is 0 Å². The smallest absolute Gasteiger partial charge is 0.395 e. The first-order valence-electron chi connectivity index (χ1n) is 9.02. The van der Waals surface area contributed by atoms with Gasteiger partial charge in [-0.2, -0.15) is 4.68 Å². The van der Waals surface area contributed by atoms with E-state index in [1.807, 2.05) is 24.3 Å². The van der Waals surface area contributed by atoms with Gasteiger partial charge < -0.3 is 14.8 Å². The summed E-state index contributed by atoms with van der Waals surface area (Å²) < 4.78 is 36.4. The molecule has 1 amide bonds. The average molecular weight is 433 g/mol. The van der Waals surface area contributed by atoms with E-state index in [-0.39, 0.29) is 23.2 Å². The van der Waals surface area contributed by atoms with Gasteiger partial charge in [0.15, 0.2) is 11.5 Å². The van der Waals surface area contributed by atoms with Crippen LogP contribution >= 0.6 is 11.8 Å². The number of aromatic nitrogens is 4. The van der Waals surface area contributed by atoms with Crippen molar-refractivity contribution in [3.8, 4) is 17.2 Å². The van der Waals surface area contributed by atoms with E-state index in [0.29, 0.717) is 16.8 Å². The number of carbonyl (C=O) groups is 1. The van der Waals surface area contributed by atoms with Crippen molar-refractivity contribution >= 4 is 23.4 Å². The van der Waals surface area contributed by atoms with Crippen molar-refractivity contribution in [2.24, 2.45) is 0 Å². The maximum absolute atomic E-state index is 13.1. The van der Waals surface area contributed by atoms with Gasteiger partial charge >= 0.3 is 6.29 Å². The van der Waals surface area contributed by atoms with Crippen molar-refractivity contribution in [1.82, 2.24) is 20.2 Å². The predicted octanol–water partition coefficient (Wildman–Crippen LogP) is 3.84. The third-order valence-electron chi connectivity index (χ3n) is 4.26. The van der Waals surface area contributed by atoms with Crippen LogP contribution in [-0.4, -0.2) is 38.2 Å². The van der Waals surface area contributed by atoms with Gasteiger partial charge in [-0.25, -0.2) is 0 Å². The maximum Gasteiger partial charge on any atom is 0.586 e. The van der Waals surface area contributed by atoms with E-state index < -0.39 is 6.29 Å². The topological polar surface area (TPSA) is 91.2 Å². The third kappa shape index (κ3) is 4.35. The van der Waals surface area contributed by atoms with Crippen LogP contribution in [0.3, 0.4) is 0 Å². The number of alkyl halides is 2. The molecule has 8 nitrogen and oxygen atoms in total. The van der Waals surface area contributed by atoms with Crippen molar-refractivity contribution in [1.29, 1.82) is 0 Å². The predicted molar refractivity (Wildman–Crippen MR) is 105 cm³/mol. The second kappa shape index (κ2) is 7.90. The molecular formula is C19H17F2N5O3S. The number of rotatable bonds is 6. The minimum atomic E-state index is -3.70. The Morgan fingerprint density at radius 2 is 1.90 bits per heavy atom. The zero-order chi connectivity index (χ0) is 21.3. The zero-order valence-electron chi connectivity index (χ0n) is 16.0. The Labute approximate surface area is 174 Å². The van der Waals surface area contributed by atoms with Crippen molar-refractivity contribution in [3.63, 3.8) is 0 Å². The number of thioether (sulfide) groups is 1. The zero-order valence-corrected chi connectivity index (χ0v) is 16.8. The third-order valence-corrected chi connectivity index (χ3v) is 5.18. The molecule has 0 fully saturated rings. The van der Waals surface area contributed by atoms with Crippen LogP contribution < -0.4 is 14.8 Å². The molecule has 11 heteroatoms. The summed E-state index contributed by atoms with van der Waals surface area (Å²) in [7, 11) is 0. The highest BCUT2D eigenvalue weighted by Crippen LogP contribution is 2.42. The lowest BCUT2D eigenvalue weighted by molar-refractivity contribution is -0.286. The first-order valence-corrected chi connectivity index (χ1v) is 10.0. The average Bonchev–Trinajstić information content (AvgIpc) is 3.28. The Kier molecular flexibility index (Phi) is 5.29. The lowest BCUT2D eigenvalue weighted by Gasteiger charge is -2.08. The maximum atomic E-state index is 13.1. The number of tetrazole rings is 1. The number of halogens is 2. The summed E-state index contributed by atoms with van der Waals surface area (Å²) in [5, 5.41) is 14.7. The van der Waals surface area contributed by atoms with Gasteiger partial charge in [0.05, 0.1) is 11.4 Å². The molecule has 0 unspecified atom stereocenters. The Morgan fingerprint density at radius 1 is 1.17 bits per heavy atom. The molecule has 0 aliphatic carbocycles. The van der Waals surface area contributed by atoms with Crippen molar-refractivity contribution in [2.75, 3.05) is 11.1 Å². The van der Waals surface area contributed by atoms with E-state index in [2.05, 4.69) is 44.2 Å². The van der Waals surface area contributed by atoms with E-state index in [1.54, 1.807) is 4.68 Å². The van der Waals surface area contributed by atoms with Gasteiger partial charge in [0, 0.05) is 11.8 Å². The molecule has 0 atom stereocenters. The number of benzene rings is 2. The lowest BCUT2D eigenvalue weighted by atomic mass is 10.0. The highest BCUT2D eigenvalue weighted by Gasteiger charge is 2.43. The molecule has 0 spiro atoms. The van der Waals surface area contributed by atoms with Crippen LogP contribution in [0, 0.1) is 0 Å². The summed E-state index contributed by atoms with van der Waals surface area (Å²) in [5.74, 6) is -0.146. The first-order chi connectivity index (χ1) is 14.3. The fraction of sp³-hybridized carbons (Fsp3) is 0.263. The van der Waals surface area contributed by atoms with Crippen LogP contribution in [0.5, 0.6) is 11.5 Å². The van der Waals surface area contributed by atoms with Crippen LogP contribution in [0.15, 0.2) is 47.6 Å². The molecule has 0 saturated heterocycles. The molecule has 30 heavy (non-hydrogen) atoms. The van der Waals surface area contributed by atoms with Gasteiger partial charge in [-0.3, -0.25) is 4.79 Å². The van der Waals surface area contributed by atoms with Gasteiger partial charge in [0.2, 0.25) is 11.1 Å². The van der Waals surface area contributed by atoms with E-state index >= 15 is 0 Å². The highest BCUT2D eigenvalue weighted by atomic mass is 32.2. The van der Waals surface area contributed by atoms with E-state index in [0.717, 1.165) is 17.4 Å². The minimum absolute atomic E-state index is 0.0229. The number of ether oxygens (including phenoxy) is 2. The van der Waals surface area contributed by atoms with Crippen LogP contribution in [-0.2, 0) is 4.79 Å². The molecule has 0 saturated carbocycles. The van der Waals surface area contributed by atoms with Gasteiger partial charge in [-0.15, -0.1) is 13.9 Å². The van der Waals surface area contributed by atoms with Crippen LogP contribution in [0.1, 0.15) is 25.3 Å². The summed E-state index contributed by atoms with van der Waals surface area (Å²) >= 11 is 1.15. The summed E-state index contributed by atoms with van der Waals surface area (Å²) in [4.78, 5) is 12.3. The van der Waals surface area contributed by atoms with E-state index in [9.17, 15) is 13.6 Å². The van der Waals surface area contributed by atoms with E-state index in [1.165, 1.54) is 23.8 Å². The number of nitrogens with one attached hydrogen (secondary N) is 1. The Balaban J connectivity index is 1.38. The Morgan fingerprint density at radius 3 is 2.63 bits per heavy atom. The van der Waals surface area contributed by atoms with Crippen molar-refractivity contribution in [2.45, 2.75) is 31.2 Å². The largest absolute Gasteiger partial charge is 0.586 e. The second-order valence-electron chi connectivity index (χ2n) is 6.79. The molecule has 1 aliphatic rings. The number of fused-ring (bicyclic) bond motifs is 1. The van der Waals surface area contributed by atoms with Crippen molar-refractivity contribution in [3.05, 3.63) is 48.0 Å². The molecule has 3 aromatic rings. The van der Waals surface area contributed by atoms with Gasteiger partial charge in [-0.05, 0) is 46.2 Å². The Hall–Kier alpha value is -3.21. The van der Waals surface area contributed by atoms with Gasteiger partial charge in [0.25, 0.3) is 0 Å². The fourth-order valence-electron chi connectivity index (χ4n) is 2.79. The Bertz CT molecular complexity index is 1070. The quantitative estimate of drug-likeness (QED) is 0.591. The van der Waals surface area contributed by atoms with Crippen molar-refractivity contribution < 1.29 is 23.0 Å². The number of amides is 1. The molecule has 156 valence electrons. The van der Waals surface area contributed by atoms with Crippen LogP contribution in [0.25, 0.3) is 5.69 Å². The SMILES string of the molecule is CC(C)c1ccc(-n2nnnc2SCC(=O)Nc2ccc3c(c2)OC(F)(F)O3)cc1. The number of carbonyl (C=O) groups excluding carboxylic acids is 1. The summed E-state index contributed by atoms with van der Waals surface area (Å²) in [5.41, 5.74) is 2.29. The summed E-state index contributed by atoms with van der Waals surface area (Å²) in [6.07, 6.45) is -3.70. The molecule has 2 aromatic carbocycles. The minimum Gasteiger partial charge on any atom is -0.395 e. The molecule has 1 N–H and O–H groups in total. The standard InChI is InChI=1S/C19H17F2N5O3S/c1-11(2)12-3-6-14(7-4-12)26-18(23-24-25-26)30-10-17(27)22-13-5-8-15-16(9-13)29-19(20,21)28-15/h3-9,11H,10H2,1-2H3,(H,22,27). The molecule has 1 aliphatic heterocycles. The number of anilines is 1. The second-order valence-corrected chi connectivity index (χ2v) is 7.73. The highest BCUT2D eigenvalue weighted by molar-refractivity contribution is 7.99. The normalized spacial score (nSPS) is 14.2. The molecule has 0 bridgehead atoms. The molecular weight excluding hydrogens is 416 g/mol. The van der Waals surface area contributed by atoms with Crippen LogP contribution in [0.4, 0.5) is 14.5 Å². The van der Waals surface area contributed by atoms with Crippen LogP contribution in [0.2, 0.25) is 0 Å². The summed E-state index contributed by atoms with van der Waals surface area (Å²) in [6, 6.07) is 11.9.